The van der Waals surface area contributed by atoms with Crippen molar-refractivity contribution in [3.63, 3.8) is 0 Å². The predicted octanol–water partition coefficient (Wildman–Crippen LogP) is 3.06. The molecule has 0 saturated heterocycles. The van der Waals surface area contributed by atoms with Gasteiger partial charge >= 0.3 is 0 Å². The van der Waals surface area contributed by atoms with E-state index in [0.717, 1.165) is 65.5 Å². The summed E-state index contributed by atoms with van der Waals surface area (Å²) in [4.78, 5) is 0. The van der Waals surface area contributed by atoms with Crippen LogP contribution < -0.4 is 5.32 Å². The molecule has 5 saturated carbocycles. The molecule has 0 heterocycles. The Morgan fingerprint density at radius 1 is 0.950 bits per heavy atom. The van der Waals surface area contributed by atoms with E-state index in [1.165, 1.54) is 6.07 Å². The van der Waals surface area contributed by atoms with Crippen LogP contribution in [0.1, 0.15) is 18.4 Å². The maximum absolute atomic E-state index is 13.3. The molecule has 9 atom stereocenters. The Labute approximate surface area is 118 Å². The highest BCUT2D eigenvalue weighted by Gasteiger charge is 2.80. The highest BCUT2D eigenvalue weighted by atomic mass is 19.1. The SMILES string of the molecule is Fc1cccc(CN[C@H]2[C@@H]3[C@H]4C[C@H]5[C@@H]3C[C@@H]3[C@@H]5[C@H]4[C@H]32)c1. The van der Waals surface area contributed by atoms with Gasteiger partial charge in [0, 0.05) is 12.6 Å². The molecule has 2 heteroatoms. The van der Waals surface area contributed by atoms with Crippen LogP contribution in [0, 0.1) is 53.2 Å². The zero-order valence-electron chi connectivity index (χ0n) is 11.5. The summed E-state index contributed by atoms with van der Waals surface area (Å²) in [6.07, 6.45) is 3.10. The van der Waals surface area contributed by atoms with E-state index in [0.29, 0.717) is 0 Å². The topological polar surface area (TPSA) is 12.0 Å². The first-order valence-electron chi connectivity index (χ1n) is 8.31. The van der Waals surface area contributed by atoms with Gasteiger partial charge in [0.25, 0.3) is 0 Å². The lowest BCUT2D eigenvalue weighted by Gasteiger charge is -2.48. The van der Waals surface area contributed by atoms with E-state index < -0.39 is 0 Å². The summed E-state index contributed by atoms with van der Waals surface area (Å²) >= 11 is 0. The van der Waals surface area contributed by atoms with E-state index in [9.17, 15) is 4.39 Å². The first kappa shape index (κ1) is 10.8. The summed E-state index contributed by atoms with van der Waals surface area (Å²) in [7, 11) is 0. The van der Waals surface area contributed by atoms with E-state index in [2.05, 4.69) is 5.32 Å². The number of halogens is 1. The van der Waals surface area contributed by atoms with Crippen LogP contribution in [0.5, 0.6) is 0 Å². The lowest BCUT2D eigenvalue weighted by atomic mass is 9.59. The van der Waals surface area contributed by atoms with Crippen molar-refractivity contribution in [2.24, 2.45) is 47.3 Å². The zero-order chi connectivity index (χ0) is 13.0. The fourth-order valence-corrected chi connectivity index (χ4v) is 7.63. The molecule has 6 rings (SSSR count). The van der Waals surface area contributed by atoms with Gasteiger partial charge in [0.1, 0.15) is 5.82 Å². The van der Waals surface area contributed by atoms with Gasteiger partial charge in [-0.1, -0.05) is 12.1 Å². The Bertz CT molecular complexity index is 593. The van der Waals surface area contributed by atoms with Gasteiger partial charge in [0.2, 0.25) is 0 Å². The molecular formula is C18H20FN. The van der Waals surface area contributed by atoms with Crippen molar-refractivity contribution < 1.29 is 4.39 Å². The third-order valence-electron chi connectivity index (χ3n) is 7.75. The molecule has 1 aromatic carbocycles. The quantitative estimate of drug-likeness (QED) is 0.889. The normalized spacial score (nSPS) is 55.8. The average Bonchev–Trinajstić information content (AvgIpc) is 2.95. The molecule has 0 radical (unpaired) electrons. The maximum Gasteiger partial charge on any atom is 0.123 e. The number of nitrogens with one attached hydrogen (secondary N) is 1. The summed E-state index contributed by atoms with van der Waals surface area (Å²) in [5.74, 6) is 8.33. The summed E-state index contributed by atoms with van der Waals surface area (Å²) in [6, 6.07) is 7.83. The van der Waals surface area contributed by atoms with E-state index in [-0.39, 0.29) is 5.82 Å². The second-order valence-electron chi connectivity index (χ2n) is 7.97. The van der Waals surface area contributed by atoms with Gasteiger partial charge in [0.15, 0.2) is 0 Å². The predicted molar refractivity (Wildman–Crippen MR) is 74.2 cm³/mol. The fraction of sp³-hybridized carbons (Fsp3) is 0.667. The lowest BCUT2D eigenvalue weighted by Crippen LogP contribution is -2.51. The molecule has 0 spiro atoms. The zero-order valence-corrected chi connectivity index (χ0v) is 11.5. The molecule has 5 fully saturated rings. The van der Waals surface area contributed by atoms with Crippen molar-refractivity contribution in [1.29, 1.82) is 0 Å². The van der Waals surface area contributed by atoms with Gasteiger partial charge in [-0.3, -0.25) is 0 Å². The van der Waals surface area contributed by atoms with Crippen molar-refractivity contribution in [1.82, 2.24) is 5.32 Å². The largest absolute Gasteiger partial charge is 0.309 e. The van der Waals surface area contributed by atoms with Crippen molar-refractivity contribution in [2.75, 3.05) is 0 Å². The first-order valence-corrected chi connectivity index (χ1v) is 8.31. The van der Waals surface area contributed by atoms with Gasteiger partial charge in [0.05, 0.1) is 0 Å². The number of hydrogen-bond acceptors (Lipinski definition) is 1. The molecule has 5 aliphatic rings. The standard InChI is InChI=1S/C18H20FN/c19-9-3-1-2-8(4-9)7-20-18-15-11-6-12-14-10(11)5-13(15)16(14)17(12)18/h1-4,10-18,20H,5-7H2/t10-,11-,12+,13+,14+,15-,16-,17-,18-/m0/s1. The second kappa shape index (κ2) is 3.30. The van der Waals surface area contributed by atoms with Crippen molar-refractivity contribution in [3.05, 3.63) is 35.6 Å². The molecular weight excluding hydrogens is 249 g/mol. The van der Waals surface area contributed by atoms with Gasteiger partial charge in [-0.25, -0.2) is 4.39 Å². The van der Waals surface area contributed by atoms with Crippen LogP contribution in [0.2, 0.25) is 0 Å². The molecule has 20 heavy (non-hydrogen) atoms. The monoisotopic (exact) mass is 269 g/mol. The molecule has 0 aliphatic heterocycles. The van der Waals surface area contributed by atoms with Gasteiger partial charge in [-0.05, 0) is 77.9 Å². The van der Waals surface area contributed by atoms with Gasteiger partial charge < -0.3 is 5.32 Å². The van der Waals surface area contributed by atoms with E-state index in [1.807, 2.05) is 12.1 Å². The third kappa shape index (κ3) is 1.02. The number of benzene rings is 1. The Morgan fingerprint density at radius 3 is 2.60 bits per heavy atom. The minimum Gasteiger partial charge on any atom is -0.309 e. The Hall–Kier alpha value is -0.890. The molecule has 1 N–H and O–H groups in total. The van der Waals surface area contributed by atoms with Gasteiger partial charge in [-0.2, -0.15) is 0 Å². The van der Waals surface area contributed by atoms with E-state index in [1.54, 1.807) is 18.9 Å². The van der Waals surface area contributed by atoms with Crippen molar-refractivity contribution in [3.8, 4) is 0 Å². The summed E-state index contributed by atoms with van der Waals surface area (Å²) in [5, 5.41) is 3.84. The van der Waals surface area contributed by atoms with Crippen molar-refractivity contribution in [2.45, 2.75) is 25.4 Å². The van der Waals surface area contributed by atoms with Crippen LogP contribution in [0.4, 0.5) is 4.39 Å². The first-order chi connectivity index (χ1) is 9.83. The molecule has 0 aromatic heterocycles. The van der Waals surface area contributed by atoms with E-state index >= 15 is 0 Å². The molecule has 0 amide bonds. The summed E-state index contributed by atoms with van der Waals surface area (Å²) < 4.78 is 13.3. The fourth-order valence-electron chi connectivity index (χ4n) is 7.63. The average molecular weight is 269 g/mol. The molecule has 0 unspecified atom stereocenters. The van der Waals surface area contributed by atoms with Crippen LogP contribution in [-0.4, -0.2) is 6.04 Å². The molecule has 1 nitrogen and oxygen atoms in total. The minimum absolute atomic E-state index is 0.108. The number of fused-ring (bicyclic) bond motifs is 2. The third-order valence-corrected chi connectivity index (χ3v) is 7.75. The number of rotatable bonds is 3. The maximum atomic E-state index is 13.3. The smallest absolute Gasteiger partial charge is 0.123 e. The Balaban J connectivity index is 1.27. The molecule has 104 valence electrons. The minimum atomic E-state index is -0.108. The summed E-state index contributed by atoms with van der Waals surface area (Å²) in [6.45, 7) is 0.851. The van der Waals surface area contributed by atoms with Crippen LogP contribution in [-0.2, 0) is 6.54 Å². The second-order valence-corrected chi connectivity index (χ2v) is 7.97. The Morgan fingerprint density at radius 2 is 1.75 bits per heavy atom. The lowest BCUT2D eigenvalue weighted by molar-refractivity contribution is 0.00939. The summed E-state index contributed by atoms with van der Waals surface area (Å²) in [5.41, 5.74) is 1.10. The Kier molecular flexibility index (Phi) is 1.78. The van der Waals surface area contributed by atoms with Crippen LogP contribution in [0.25, 0.3) is 0 Å². The van der Waals surface area contributed by atoms with Crippen LogP contribution >= 0.6 is 0 Å². The molecule has 1 aromatic rings. The number of hydrogen-bond donors (Lipinski definition) is 1. The highest BCUT2D eigenvalue weighted by molar-refractivity contribution is 5.29. The molecule has 2 bridgehead atoms. The van der Waals surface area contributed by atoms with Gasteiger partial charge in [-0.15, -0.1) is 0 Å². The van der Waals surface area contributed by atoms with Crippen molar-refractivity contribution >= 4 is 0 Å². The highest BCUT2D eigenvalue weighted by Crippen LogP contribution is 2.82. The molecule has 5 aliphatic carbocycles. The van der Waals surface area contributed by atoms with E-state index in [4.69, 9.17) is 0 Å². The van der Waals surface area contributed by atoms with Crippen LogP contribution in [0.15, 0.2) is 24.3 Å². The van der Waals surface area contributed by atoms with Crippen LogP contribution in [0.3, 0.4) is 0 Å².